The van der Waals surface area contributed by atoms with Gasteiger partial charge in [0.2, 0.25) is 0 Å². The van der Waals surface area contributed by atoms with Crippen molar-refractivity contribution in [3.05, 3.63) is 47.5 Å². The van der Waals surface area contributed by atoms with Crippen LogP contribution < -0.4 is 0 Å². The molecule has 22 heavy (non-hydrogen) atoms. The number of carbonyl (C=O) groups is 1. The summed E-state index contributed by atoms with van der Waals surface area (Å²) >= 11 is 0. The van der Waals surface area contributed by atoms with Crippen LogP contribution in [-0.2, 0) is 6.54 Å². The van der Waals surface area contributed by atoms with Gasteiger partial charge < -0.3 is 4.90 Å². The molecule has 3 rings (SSSR count). The summed E-state index contributed by atoms with van der Waals surface area (Å²) in [6.45, 7) is 1.86. The number of rotatable bonds is 4. The van der Waals surface area contributed by atoms with Gasteiger partial charge in [-0.2, -0.15) is 5.10 Å². The molecule has 1 N–H and O–H groups in total. The molecule has 0 bridgehead atoms. The van der Waals surface area contributed by atoms with Gasteiger partial charge in [0.1, 0.15) is 0 Å². The number of nitrogens with one attached hydrogen (secondary N) is 1. The second-order valence-electron chi connectivity index (χ2n) is 5.89. The van der Waals surface area contributed by atoms with E-state index in [1.54, 1.807) is 31.4 Å². The van der Waals surface area contributed by atoms with Crippen molar-refractivity contribution in [3.8, 4) is 0 Å². The predicted octanol–water partition coefficient (Wildman–Crippen LogP) is 1.84. The Morgan fingerprint density at radius 2 is 2.32 bits per heavy atom. The number of hydrogen-bond acceptors (Lipinski definition) is 4. The van der Waals surface area contributed by atoms with Gasteiger partial charge in [-0.15, -0.1) is 0 Å². The van der Waals surface area contributed by atoms with Crippen LogP contribution in [0.1, 0.15) is 40.5 Å². The number of aromatic nitrogens is 3. The molecule has 1 unspecified atom stereocenters. The molecule has 0 aliphatic carbocycles. The molecule has 1 fully saturated rings. The Hall–Kier alpha value is -2.21. The largest absolute Gasteiger partial charge is 0.345 e. The summed E-state index contributed by atoms with van der Waals surface area (Å²) in [6, 6.07) is 4.25. The van der Waals surface area contributed by atoms with E-state index >= 15 is 0 Å². The molecule has 1 aliphatic rings. The van der Waals surface area contributed by atoms with E-state index in [2.05, 4.69) is 26.1 Å². The van der Waals surface area contributed by atoms with E-state index in [0.29, 0.717) is 5.56 Å². The molecular formula is C16H21N5O. The molecule has 6 heteroatoms. The number of aromatic amines is 1. The van der Waals surface area contributed by atoms with Crippen LogP contribution in [0.15, 0.2) is 30.7 Å². The van der Waals surface area contributed by atoms with Crippen LogP contribution in [0.4, 0.5) is 0 Å². The number of H-pyrrole nitrogens is 1. The highest BCUT2D eigenvalue weighted by atomic mass is 16.2. The first kappa shape index (κ1) is 14.7. The summed E-state index contributed by atoms with van der Waals surface area (Å²) in [7, 11) is 3.53. The van der Waals surface area contributed by atoms with Gasteiger partial charge in [-0.25, -0.2) is 0 Å². The van der Waals surface area contributed by atoms with Gasteiger partial charge in [0.15, 0.2) is 0 Å². The van der Waals surface area contributed by atoms with Gasteiger partial charge in [0.05, 0.1) is 23.5 Å². The van der Waals surface area contributed by atoms with Gasteiger partial charge in [-0.3, -0.25) is 19.8 Å². The van der Waals surface area contributed by atoms with Crippen LogP contribution in [0.25, 0.3) is 0 Å². The number of carbonyl (C=O) groups excluding carboxylic acids is 1. The second-order valence-corrected chi connectivity index (χ2v) is 5.89. The molecule has 1 saturated heterocycles. The normalized spacial score (nSPS) is 18.5. The summed E-state index contributed by atoms with van der Waals surface area (Å²) in [4.78, 5) is 20.4. The Balaban J connectivity index is 1.82. The first-order valence-electron chi connectivity index (χ1n) is 7.54. The highest BCUT2D eigenvalue weighted by Gasteiger charge is 2.31. The average Bonchev–Trinajstić information content (AvgIpc) is 3.15. The third-order valence-electron chi connectivity index (χ3n) is 4.11. The predicted molar refractivity (Wildman–Crippen MR) is 83.2 cm³/mol. The van der Waals surface area contributed by atoms with Crippen molar-refractivity contribution in [2.45, 2.75) is 25.4 Å². The zero-order chi connectivity index (χ0) is 15.5. The lowest BCUT2D eigenvalue weighted by molar-refractivity contribution is 0.0824. The fourth-order valence-electron chi connectivity index (χ4n) is 3.03. The van der Waals surface area contributed by atoms with E-state index in [-0.39, 0.29) is 11.9 Å². The van der Waals surface area contributed by atoms with Crippen LogP contribution in [0.3, 0.4) is 0 Å². The zero-order valence-corrected chi connectivity index (χ0v) is 13.0. The molecule has 2 aromatic heterocycles. The van der Waals surface area contributed by atoms with E-state index in [1.165, 1.54) is 5.56 Å². The van der Waals surface area contributed by atoms with Gasteiger partial charge in [0.25, 0.3) is 5.91 Å². The van der Waals surface area contributed by atoms with Gasteiger partial charge in [-0.1, -0.05) is 6.07 Å². The summed E-state index contributed by atoms with van der Waals surface area (Å²) < 4.78 is 0. The second kappa shape index (κ2) is 6.27. The topological polar surface area (TPSA) is 65.1 Å². The molecule has 0 spiro atoms. The third kappa shape index (κ3) is 2.87. The Bertz CT molecular complexity index is 637. The van der Waals surface area contributed by atoms with E-state index in [1.807, 2.05) is 12.3 Å². The number of pyridine rings is 1. The van der Waals surface area contributed by atoms with Crippen LogP contribution in [0, 0.1) is 0 Å². The van der Waals surface area contributed by atoms with Gasteiger partial charge in [-0.05, 0) is 31.0 Å². The van der Waals surface area contributed by atoms with Crippen molar-refractivity contribution < 1.29 is 4.79 Å². The van der Waals surface area contributed by atoms with Crippen molar-refractivity contribution in [1.82, 2.24) is 25.0 Å². The zero-order valence-electron chi connectivity index (χ0n) is 13.0. The van der Waals surface area contributed by atoms with E-state index in [4.69, 9.17) is 0 Å². The average molecular weight is 299 g/mol. The van der Waals surface area contributed by atoms with Gasteiger partial charge in [0, 0.05) is 33.0 Å². The van der Waals surface area contributed by atoms with Crippen molar-refractivity contribution >= 4 is 5.91 Å². The Kier molecular flexibility index (Phi) is 4.20. The fourth-order valence-corrected chi connectivity index (χ4v) is 3.03. The Morgan fingerprint density at radius 3 is 3.05 bits per heavy atom. The maximum atomic E-state index is 12.3. The first-order valence-corrected chi connectivity index (χ1v) is 7.54. The quantitative estimate of drug-likeness (QED) is 0.935. The highest BCUT2D eigenvalue weighted by Crippen LogP contribution is 2.33. The minimum atomic E-state index is -0.00280. The van der Waals surface area contributed by atoms with Crippen molar-refractivity contribution in [2.75, 3.05) is 20.6 Å². The standard InChI is InChI=1S/C16H21N5O/c1-20(2)16(22)13-10-18-19-15(13)14-6-4-8-21(14)11-12-5-3-7-17-9-12/h3,5,7,9-10,14H,4,6,8,11H2,1-2H3,(H,18,19). The minimum Gasteiger partial charge on any atom is -0.345 e. The summed E-state index contributed by atoms with van der Waals surface area (Å²) in [5.41, 5.74) is 2.79. The van der Waals surface area contributed by atoms with Crippen molar-refractivity contribution in [3.63, 3.8) is 0 Å². The number of amides is 1. The van der Waals surface area contributed by atoms with Gasteiger partial charge >= 0.3 is 0 Å². The lowest BCUT2D eigenvalue weighted by atomic mass is 10.1. The SMILES string of the molecule is CN(C)C(=O)c1cn[nH]c1C1CCCN1Cc1cccnc1. The lowest BCUT2D eigenvalue weighted by Gasteiger charge is -2.24. The lowest BCUT2D eigenvalue weighted by Crippen LogP contribution is -2.27. The van der Waals surface area contributed by atoms with Crippen molar-refractivity contribution in [1.29, 1.82) is 0 Å². The summed E-state index contributed by atoms with van der Waals surface area (Å²) in [6.07, 6.45) is 7.48. The molecule has 1 amide bonds. The number of hydrogen-bond donors (Lipinski definition) is 1. The number of nitrogens with zero attached hydrogens (tertiary/aromatic N) is 4. The molecule has 1 aliphatic heterocycles. The molecule has 1 atom stereocenters. The molecule has 0 radical (unpaired) electrons. The maximum Gasteiger partial charge on any atom is 0.256 e. The monoisotopic (exact) mass is 299 g/mol. The smallest absolute Gasteiger partial charge is 0.256 e. The summed E-state index contributed by atoms with van der Waals surface area (Å²) in [5, 5.41) is 7.14. The first-order chi connectivity index (χ1) is 10.7. The molecule has 0 aromatic carbocycles. The van der Waals surface area contributed by atoms with Crippen LogP contribution in [0.5, 0.6) is 0 Å². The van der Waals surface area contributed by atoms with Crippen LogP contribution in [0.2, 0.25) is 0 Å². The van der Waals surface area contributed by atoms with Crippen LogP contribution in [-0.4, -0.2) is 51.5 Å². The van der Waals surface area contributed by atoms with E-state index in [0.717, 1.165) is 31.6 Å². The molecule has 3 heterocycles. The van der Waals surface area contributed by atoms with E-state index in [9.17, 15) is 4.79 Å². The molecular weight excluding hydrogens is 278 g/mol. The Labute approximate surface area is 130 Å². The third-order valence-corrected chi connectivity index (χ3v) is 4.11. The maximum absolute atomic E-state index is 12.3. The summed E-state index contributed by atoms with van der Waals surface area (Å²) in [5.74, 6) is -0.00280. The molecule has 116 valence electrons. The fraction of sp³-hybridized carbons (Fsp3) is 0.438. The molecule has 0 saturated carbocycles. The van der Waals surface area contributed by atoms with Crippen molar-refractivity contribution in [2.24, 2.45) is 0 Å². The van der Waals surface area contributed by atoms with E-state index < -0.39 is 0 Å². The molecule has 6 nitrogen and oxygen atoms in total. The molecule has 2 aromatic rings. The Morgan fingerprint density at radius 1 is 1.45 bits per heavy atom. The highest BCUT2D eigenvalue weighted by molar-refractivity contribution is 5.94. The number of likely N-dealkylation sites (tertiary alicyclic amines) is 1. The van der Waals surface area contributed by atoms with Crippen LogP contribution >= 0.6 is 0 Å². The minimum absolute atomic E-state index is 0.00280.